The zero-order chi connectivity index (χ0) is 9.84. The molecule has 0 bridgehead atoms. The van der Waals surface area contributed by atoms with Gasteiger partial charge < -0.3 is 11.1 Å². The Hall–Kier alpha value is -1.49. The minimum atomic E-state index is 0.172. The van der Waals surface area contributed by atoms with E-state index in [1.807, 2.05) is 6.92 Å². The molecule has 0 aliphatic heterocycles. The number of hydrogen-bond acceptors (Lipinski definition) is 3. The third-order valence-corrected chi connectivity index (χ3v) is 1.69. The second kappa shape index (κ2) is 3.95. The molecule has 1 rings (SSSR count). The molecule has 13 heavy (non-hydrogen) atoms. The first-order valence-electron chi connectivity index (χ1n) is 3.64. The molecule has 3 N–H and O–H groups in total. The van der Waals surface area contributed by atoms with Gasteiger partial charge in [-0.3, -0.25) is 0 Å². The molecule has 0 saturated heterocycles. The van der Waals surface area contributed by atoms with Crippen LogP contribution in [-0.4, -0.2) is 5.11 Å². The summed E-state index contributed by atoms with van der Waals surface area (Å²) in [5.41, 5.74) is 7.32. The van der Waals surface area contributed by atoms with Crippen molar-refractivity contribution in [2.45, 2.75) is 6.92 Å². The average molecular weight is 195 g/mol. The highest BCUT2D eigenvalue weighted by atomic mass is 32.1. The number of nitrogens with zero attached hydrogens (tertiary/aromatic N) is 1. The van der Waals surface area contributed by atoms with E-state index in [1.165, 1.54) is 0 Å². The van der Waals surface area contributed by atoms with Crippen LogP contribution in [0.25, 0.3) is 0 Å². The zero-order valence-corrected chi connectivity index (χ0v) is 7.89. The van der Waals surface area contributed by atoms with E-state index in [0.717, 1.165) is 5.56 Å². The smallest absolute Gasteiger partial charge is 0.168 e. The monoisotopic (exact) mass is 195 g/mol. The molecule has 0 atom stereocenters. The van der Waals surface area contributed by atoms with Gasteiger partial charge in [0.05, 0.1) is 0 Å². The Labute approximate surface area is 81.1 Å². The number of nitroso groups, excluding NO2 is 1. The summed E-state index contributed by atoms with van der Waals surface area (Å²) in [4.78, 5) is 10.2. The van der Waals surface area contributed by atoms with E-state index in [9.17, 15) is 4.91 Å². The van der Waals surface area contributed by atoms with Crippen LogP contribution in [-0.2, 0) is 0 Å². The van der Waals surface area contributed by atoms with E-state index in [1.54, 1.807) is 18.2 Å². The fraction of sp³-hybridized carbons (Fsp3) is 0.125. The van der Waals surface area contributed by atoms with Gasteiger partial charge in [-0.05, 0) is 42.0 Å². The maximum Gasteiger partial charge on any atom is 0.168 e. The average Bonchev–Trinajstić information content (AvgIpc) is 2.08. The first kappa shape index (κ1) is 9.60. The Morgan fingerprint density at radius 2 is 2.31 bits per heavy atom. The maximum absolute atomic E-state index is 10.2. The lowest BCUT2D eigenvalue weighted by atomic mass is 10.2. The molecule has 0 amide bonds. The number of anilines is 1. The van der Waals surface area contributed by atoms with Gasteiger partial charge in [-0.15, -0.1) is 4.91 Å². The standard InChI is InChI=1S/C8H9N3OS/c1-5-2-3-6(11-12)4-7(5)10-8(9)13/h2-4H,1H3,(H3,9,10,13). The van der Waals surface area contributed by atoms with Crippen molar-refractivity contribution < 1.29 is 0 Å². The van der Waals surface area contributed by atoms with Crippen LogP contribution >= 0.6 is 12.2 Å². The lowest BCUT2D eigenvalue weighted by Crippen LogP contribution is -2.19. The van der Waals surface area contributed by atoms with Crippen LogP contribution in [0, 0.1) is 11.8 Å². The summed E-state index contributed by atoms with van der Waals surface area (Å²) in [5, 5.41) is 5.74. The van der Waals surface area contributed by atoms with E-state index < -0.39 is 0 Å². The minimum absolute atomic E-state index is 0.172. The Morgan fingerprint density at radius 3 is 2.85 bits per heavy atom. The molecule has 0 spiro atoms. The highest BCUT2D eigenvalue weighted by molar-refractivity contribution is 7.80. The third-order valence-electron chi connectivity index (χ3n) is 1.58. The van der Waals surface area contributed by atoms with Gasteiger partial charge >= 0.3 is 0 Å². The number of nitrogens with one attached hydrogen (secondary N) is 1. The van der Waals surface area contributed by atoms with Crippen LogP contribution in [0.3, 0.4) is 0 Å². The molecule has 0 unspecified atom stereocenters. The first-order valence-corrected chi connectivity index (χ1v) is 4.05. The molecule has 0 aliphatic rings. The number of hydrogen-bond donors (Lipinski definition) is 2. The maximum atomic E-state index is 10.2. The SMILES string of the molecule is Cc1ccc(N=O)cc1NC(N)=S. The topological polar surface area (TPSA) is 67.5 Å². The highest BCUT2D eigenvalue weighted by Crippen LogP contribution is 2.21. The van der Waals surface area contributed by atoms with E-state index in [2.05, 4.69) is 22.7 Å². The van der Waals surface area contributed by atoms with Gasteiger partial charge in [0.1, 0.15) is 5.69 Å². The van der Waals surface area contributed by atoms with Gasteiger partial charge in [-0.2, -0.15) is 0 Å². The van der Waals surface area contributed by atoms with Crippen molar-refractivity contribution in [3.63, 3.8) is 0 Å². The molecule has 1 aromatic carbocycles. The van der Waals surface area contributed by atoms with Crippen LogP contribution < -0.4 is 11.1 Å². The third kappa shape index (κ3) is 2.48. The summed E-state index contributed by atoms with van der Waals surface area (Å²) in [6, 6.07) is 5.01. The molecule has 1 aromatic rings. The quantitative estimate of drug-likeness (QED) is 0.559. The summed E-state index contributed by atoms with van der Waals surface area (Å²) >= 11 is 4.67. The molecule has 0 saturated carbocycles. The Kier molecular flexibility index (Phi) is 2.92. The van der Waals surface area contributed by atoms with E-state index in [-0.39, 0.29) is 5.11 Å². The lowest BCUT2D eigenvalue weighted by Gasteiger charge is -2.06. The largest absolute Gasteiger partial charge is 0.376 e. The molecule has 0 heterocycles. The van der Waals surface area contributed by atoms with Crippen molar-refractivity contribution in [3.8, 4) is 0 Å². The van der Waals surface area contributed by atoms with Crippen molar-refractivity contribution in [1.82, 2.24) is 0 Å². The van der Waals surface area contributed by atoms with Gasteiger partial charge in [0.25, 0.3) is 0 Å². The fourth-order valence-corrected chi connectivity index (χ4v) is 1.04. The summed E-state index contributed by atoms with van der Waals surface area (Å²) in [6.45, 7) is 1.88. The normalized spacial score (nSPS) is 9.31. The molecule has 5 heteroatoms. The molecular weight excluding hydrogens is 186 g/mol. The number of aryl methyl sites for hydroxylation is 1. The van der Waals surface area contributed by atoms with Crippen molar-refractivity contribution in [2.24, 2.45) is 10.9 Å². The minimum Gasteiger partial charge on any atom is -0.376 e. The van der Waals surface area contributed by atoms with Gasteiger partial charge in [-0.25, -0.2) is 0 Å². The molecule has 0 aromatic heterocycles. The summed E-state index contributed by atoms with van der Waals surface area (Å²) in [7, 11) is 0. The number of thiocarbonyl (C=S) groups is 1. The van der Waals surface area contributed by atoms with Crippen molar-refractivity contribution in [3.05, 3.63) is 28.7 Å². The Bertz CT molecular complexity index is 351. The number of rotatable bonds is 2. The molecule has 4 nitrogen and oxygen atoms in total. The van der Waals surface area contributed by atoms with Crippen LogP contribution in [0.5, 0.6) is 0 Å². The van der Waals surface area contributed by atoms with Crippen LogP contribution in [0.15, 0.2) is 23.4 Å². The lowest BCUT2D eigenvalue weighted by molar-refractivity contribution is 1.41. The predicted molar refractivity (Wildman–Crippen MR) is 57.0 cm³/mol. The van der Waals surface area contributed by atoms with Gasteiger partial charge in [0.15, 0.2) is 5.11 Å². The fourth-order valence-electron chi connectivity index (χ4n) is 0.934. The zero-order valence-electron chi connectivity index (χ0n) is 7.07. The van der Waals surface area contributed by atoms with Crippen LogP contribution in [0.2, 0.25) is 0 Å². The van der Waals surface area contributed by atoms with E-state index in [0.29, 0.717) is 11.4 Å². The second-order valence-electron chi connectivity index (χ2n) is 2.58. The van der Waals surface area contributed by atoms with Gasteiger partial charge in [-0.1, -0.05) is 6.07 Å². The van der Waals surface area contributed by atoms with Crippen LogP contribution in [0.4, 0.5) is 11.4 Å². The van der Waals surface area contributed by atoms with Gasteiger partial charge in [0.2, 0.25) is 0 Å². The summed E-state index contributed by atoms with van der Waals surface area (Å²) in [5.74, 6) is 0. The van der Waals surface area contributed by atoms with E-state index >= 15 is 0 Å². The van der Waals surface area contributed by atoms with Gasteiger partial charge in [0, 0.05) is 5.69 Å². The second-order valence-corrected chi connectivity index (χ2v) is 3.02. The van der Waals surface area contributed by atoms with Crippen LogP contribution in [0.1, 0.15) is 5.56 Å². The number of benzene rings is 1. The molecular formula is C8H9N3OS. The van der Waals surface area contributed by atoms with Crippen molar-refractivity contribution in [2.75, 3.05) is 5.32 Å². The van der Waals surface area contributed by atoms with E-state index in [4.69, 9.17) is 5.73 Å². The molecule has 0 radical (unpaired) electrons. The molecule has 0 fully saturated rings. The molecule has 0 aliphatic carbocycles. The van der Waals surface area contributed by atoms with Crippen molar-refractivity contribution in [1.29, 1.82) is 0 Å². The summed E-state index contributed by atoms with van der Waals surface area (Å²) < 4.78 is 0. The highest BCUT2D eigenvalue weighted by Gasteiger charge is 2.00. The number of nitrogens with two attached hydrogens (primary N) is 1. The summed E-state index contributed by atoms with van der Waals surface area (Å²) in [6.07, 6.45) is 0. The first-order chi connectivity index (χ1) is 6.13. The van der Waals surface area contributed by atoms with Crippen molar-refractivity contribution >= 4 is 28.7 Å². The Balaban J connectivity index is 3.03. The molecule has 68 valence electrons. The predicted octanol–water partition coefficient (Wildman–Crippen LogP) is 2.05. The Morgan fingerprint density at radius 1 is 1.62 bits per heavy atom.